The number of benzene rings is 1. The van der Waals surface area contributed by atoms with E-state index in [-0.39, 0.29) is 5.92 Å². The molecule has 1 aromatic heterocycles. The fourth-order valence-electron chi connectivity index (χ4n) is 2.04. The van der Waals surface area contributed by atoms with Crippen LogP contribution in [0.25, 0.3) is 10.9 Å². The van der Waals surface area contributed by atoms with Crippen molar-refractivity contribution in [3.63, 3.8) is 0 Å². The van der Waals surface area contributed by atoms with Gasteiger partial charge in [-0.1, -0.05) is 25.1 Å². The van der Waals surface area contributed by atoms with Crippen LogP contribution in [-0.4, -0.2) is 22.7 Å². The van der Waals surface area contributed by atoms with Gasteiger partial charge in [-0.05, 0) is 11.6 Å². The van der Waals surface area contributed by atoms with Crippen LogP contribution in [0.4, 0.5) is 4.79 Å². The molecule has 0 aliphatic heterocycles. The molecule has 19 heavy (non-hydrogen) atoms. The molecule has 5 nitrogen and oxygen atoms in total. The number of para-hydroxylation sites is 1. The first kappa shape index (κ1) is 12.8. The number of nitrogens with one attached hydrogen (secondary N) is 1. The van der Waals surface area contributed by atoms with E-state index in [1.165, 1.54) is 0 Å². The highest BCUT2D eigenvalue weighted by atomic mass is 16.4. The maximum absolute atomic E-state index is 10.5. The van der Waals surface area contributed by atoms with Gasteiger partial charge in [-0.25, -0.2) is 4.79 Å². The minimum atomic E-state index is -1.04. The maximum atomic E-state index is 10.5. The van der Waals surface area contributed by atoms with Crippen LogP contribution >= 0.6 is 0 Å². The number of amides is 1. The molecule has 0 aliphatic carbocycles. The van der Waals surface area contributed by atoms with Crippen LogP contribution in [0.1, 0.15) is 24.0 Å². The topological polar surface area (TPSA) is 86.0 Å². The first-order valence-corrected chi connectivity index (χ1v) is 5.88. The second-order valence-electron chi connectivity index (χ2n) is 4.30. The smallest absolute Gasteiger partial charge is 0.404 e. The molecule has 0 spiro atoms. The van der Waals surface area contributed by atoms with Crippen molar-refractivity contribution >= 4 is 17.0 Å². The number of pyridine rings is 1. The number of carboxylic acid groups (broad SMARTS) is 1. The Bertz CT molecular complexity index is 661. The number of rotatable bonds is 3. The number of nitrogens with zero attached hydrogens (tertiary/aromatic N) is 2. The highest BCUT2D eigenvalue weighted by molar-refractivity contribution is 5.87. The molecule has 1 unspecified atom stereocenters. The van der Waals surface area contributed by atoms with E-state index >= 15 is 0 Å². The maximum Gasteiger partial charge on any atom is 0.404 e. The van der Waals surface area contributed by atoms with Gasteiger partial charge in [0.1, 0.15) is 0 Å². The van der Waals surface area contributed by atoms with Gasteiger partial charge in [0.25, 0.3) is 0 Å². The van der Waals surface area contributed by atoms with Crippen LogP contribution in [0, 0.1) is 11.3 Å². The third kappa shape index (κ3) is 2.63. The van der Waals surface area contributed by atoms with Crippen molar-refractivity contribution in [1.82, 2.24) is 10.3 Å². The molecule has 1 amide bonds. The normalized spacial score (nSPS) is 11.8. The number of carbonyl (C=O) groups is 1. The van der Waals surface area contributed by atoms with Gasteiger partial charge >= 0.3 is 6.09 Å². The Kier molecular flexibility index (Phi) is 3.62. The Morgan fingerprint density at radius 3 is 3.00 bits per heavy atom. The zero-order chi connectivity index (χ0) is 13.8. The van der Waals surface area contributed by atoms with Crippen molar-refractivity contribution < 1.29 is 9.90 Å². The molecule has 0 aliphatic rings. The summed E-state index contributed by atoms with van der Waals surface area (Å²) in [6.45, 7) is 2.23. The molecule has 2 aromatic rings. The molecule has 5 heteroatoms. The van der Waals surface area contributed by atoms with Crippen LogP contribution in [0.2, 0.25) is 0 Å². The summed E-state index contributed by atoms with van der Waals surface area (Å²) in [6, 6.07) is 9.42. The largest absolute Gasteiger partial charge is 0.465 e. The number of hydrogen-bond acceptors (Lipinski definition) is 3. The zero-order valence-corrected chi connectivity index (χ0v) is 10.4. The Hall–Kier alpha value is -2.61. The lowest BCUT2D eigenvalue weighted by Crippen LogP contribution is -2.25. The average molecular weight is 255 g/mol. The van der Waals surface area contributed by atoms with Crippen LogP contribution < -0.4 is 5.32 Å². The molecule has 1 aromatic carbocycles. The second kappa shape index (κ2) is 5.36. The molecule has 0 radical (unpaired) electrons. The zero-order valence-electron chi connectivity index (χ0n) is 10.4. The Balaban J connectivity index is 2.44. The summed E-state index contributed by atoms with van der Waals surface area (Å²) in [6.07, 6.45) is 0.555. The minimum absolute atomic E-state index is 0.0127. The molecular weight excluding hydrogens is 242 g/mol. The molecule has 2 N–H and O–H groups in total. The molecule has 2 rings (SSSR count). The Morgan fingerprint density at radius 2 is 2.32 bits per heavy atom. The van der Waals surface area contributed by atoms with E-state index in [4.69, 9.17) is 10.4 Å². The predicted molar refractivity (Wildman–Crippen MR) is 70.9 cm³/mol. The fourth-order valence-corrected chi connectivity index (χ4v) is 2.04. The van der Waals surface area contributed by atoms with Crippen molar-refractivity contribution in [2.24, 2.45) is 0 Å². The van der Waals surface area contributed by atoms with E-state index in [2.05, 4.69) is 16.4 Å². The molecule has 0 saturated heterocycles. The van der Waals surface area contributed by atoms with Gasteiger partial charge in [0.2, 0.25) is 0 Å². The van der Waals surface area contributed by atoms with Gasteiger partial charge in [-0.15, -0.1) is 0 Å². The van der Waals surface area contributed by atoms with Gasteiger partial charge in [-0.3, -0.25) is 4.98 Å². The van der Waals surface area contributed by atoms with Gasteiger partial charge in [0, 0.05) is 24.0 Å². The monoisotopic (exact) mass is 255 g/mol. The van der Waals surface area contributed by atoms with Crippen LogP contribution in [0.15, 0.2) is 30.5 Å². The van der Waals surface area contributed by atoms with Crippen molar-refractivity contribution in [3.05, 3.63) is 41.6 Å². The third-order valence-electron chi connectivity index (χ3n) is 3.01. The lowest BCUT2D eigenvalue weighted by atomic mass is 9.96. The van der Waals surface area contributed by atoms with E-state index in [1.807, 2.05) is 25.1 Å². The first-order valence-electron chi connectivity index (χ1n) is 5.88. The number of aromatic nitrogens is 1. The summed E-state index contributed by atoms with van der Waals surface area (Å²) in [5, 5.41) is 20.9. The molecule has 1 heterocycles. The van der Waals surface area contributed by atoms with E-state index in [1.54, 1.807) is 12.3 Å². The lowest BCUT2D eigenvalue weighted by molar-refractivity contribution is 0.194. The second-order valence-corrected chi connectivity index (χ2v) is 4.30. The molecule has 0 bridgehead atoms. The predicted octanol–water partition coefficient (Wildman–Crippen LogP) is 2.48. The number of fused-ring (bicyclic) bond motifs is 1. The van der Waals surface area contributed by atoms with E-state index in [9.17, 15) is 4.79 Å². The summed E-state index contributed by atoms with van der Waals surface area (Å²) in [7, 11) is 0. The molecular formula is C14H13N3O2. The Morgan fingerprint density at radius 1 is 1.53 bits per heavy atom. The first-order chi connectivity index (χ1) is 9.13. The average Bonchev–Trinajstić information content (AvgIpc) is 2.43. The van der Waals surface area contributed by atoms with Crippen molar-refractivity contribution in [1.29, 1.82) is 5.26 Å². The van der Waals surface area contributed by atoms with E-state index in [0.29, 0.717) is 12.1 Å². The summed E-state index contributed by atoms with van der Waals surface area (Å²) in [4.78, 5) is 14.8. The van der Waals surface area contributed by atoms with Crippen LogP contribution in [-0.2, 0) is 0 Å². The molecule has 0 saturated carbocycles. The summed E-state index contributed by atoms with van der Waals surface area (Å²) in [5.41, 5.74) is 2.26. The fraction of sp³-hybridized carbons (Fsp3) is 0.214. The number of hydrogen-bond donors (Lipinski definition) is 2. The van der Waals surface area contributed by atoms with Gasteiger partial charge in [0.15, 0.2) is 0 Å². The standard InChI is InChI=1S/C14H13N3O2/c1-9(8-17-14(18)19)11-3-2-4-12-10(7-15)5-6-16-13(11)12/h2-6,9,17H,8H2,1H3,(H,18,19). The quantitative estimate of drug-likeness (QED) is 0.882. The highest BCUT2D eigenvalue weighted by Crippen LogP contribution is 2.25. The highest BCUT2D eigenvalue weighted by Gasteiger charge is 2.12. The van der Waals surface area contributed by atoms with E-state index < -0.39 is 6.09 Å². The van der Waals surface area contributed by atoms with Gasteiger partial charge in [0.05, 0.1) is 17.1 Å². The van der Waals surface area contributed by atoms with Gasteiger partial charge in [-0.2, -0.15) is 5.26 Å². The third-order valence-corrected chi connectivity index (χ3v) is 3.01. The summed E-state index contributed by atoms with van der Waals surface area (Å²) < 4.78 is 0. The van der Waals surface area contributed by atoms with Crippen LogP contribution in [0.5, 0.6) is 0 Å². The lowest BCUT2D eigenvalue weighted by Gasteiger charge is -2.14. The molecule has 1 atom stereocenters. The van der Waals surface area contributed by atoms with Crippen molar-refractivity contribution in [3.8, 4) is 6.07 Å². The van der Waals surface area contributed by atoms with E-state index in [0.717, 1.165) is 16.5 Å². The van der Waals surface area contributed by atoms with Crippen LogP contribution in [0.3, 0.4) is 0 Å². The molecule has 0 fully saturated rings. The summed E-state index contributed by atoms with van der Waals surface area (Å²) in [5.74, 6) is -0.0127. The minimum Gasteiger partial charge on any atom is -0.465 e. The number of nitriles is 1. The van der Waals surface area contributed by atoms with Gasteiger partial charge < -0.3 is 10.4 Å². The summed E-state index contributed by atoms with van der Waals surface area (Å²) >= 11 is 0. The Labute approximate surface area is 110 Å². The van der Waals surface area contributed by atoms with Crippen molar-refractivity contribution in [2.75, 3.05) is 6.54 Å². The molecule has 96 valence electrons. The van der Waals surface area contributed by atoms with Crippen molar-refractivity contribution in [2.45, 2.75) is 12.8 Å². The SMILES string of the molecule is CC(CNC(=O)O)c1cccc2c(C#N)ccnc12.